The van der Waals surface area contributed by atoms with Gasteiger partial charge in [0.1, 0.15) is 0 Å². The van der Waals surface area contributed by atoms with Crippen LogP contribution in [0.15, 0.2) is 0 Å². The average molecular weight is 155 g/mol. The van der Waals surface area contributed by atoms with E-state index in [-0.39, 0.29) is 5.60 Å². The highest BCUT2D eigenvalue weighted by molar-refractivity contribution is 5.01. The first-order valence-electron chi connectivity index (χ1n) is 4.73. The first kappa shape index (κ1) is 7.56. The highest BCUT2D eigenvalue weighted by Crippen LogP contribution is 2.37. The van der Waals surface area contributed by atoms with Crippen molar-refractivity contribution < 1.29 is 5.11 Å². The molecule has 0 radical (unpaired) electrons. The number of nitrogens with zero attached hydrogens (tertiary/aromatic N) is 1. The molecule has 1 N–H and O–H groups in total. The second-order valence-corrected chi connectivity index (χ2v) is 3.90. The minimum Gasteiger partial charge on any atom is -0.388 e. The summed E-state index contributed by atoms with van der Waals surface area (Å²) in [6.45, 7) is 4.43. The normalized spacial score (nSPS) is 44.7. The van der Waals surface area contributed by atoms with Crippen LogP contribution in [-0.2, 0) is 0 Å². The van der Waals surface area contributed by atoms with Crippen molar-refractivity contribution in [1.29, 1.82) is 0 Å². The third-order valence-electron chi connectivity index (χ3n) is 3.43. The zero-order valence-corrected chi connectivity index (χ0v) is 7.21. The molecule has 2 unspecified atom stereocenters. The Morgan fingerprint density at radius 3 is 3.09 bits per heavy atom. The van der Waals surface area contributed by atoms with Crippen LogP contribution in [0.25, 0.3) is 0 Å². The first-order valence-corrected chi connectivity index (χ1v) is 4.73. The topological polar surface area (TPSA) is 23.5 Å². The van der Waals surface area contributed by atoms with Crippen LogP contribution in [0.3, 0.4) is 0 Å². The van der Waals surface area contributed by atoms with Crippen LogP contribution >= 0.6 is 0 Å². The van der Waals surface area contributed by atoms with Gasteiger partial charge in [-0.1, -0.05) is 6.92 Å². The van der Waals surface area contributed by atoms with Crippen LogP contribution in [0.5, 0.6) is 0 Å². The van der Waals surface area contributed by atoms with Crippen LogP contribution in [-0.4, -0.2) is 34.7 Å². The Bertz CT molecular complexity index is 160. The van der Waals surface area contributed by atoms with E-state index in [0.29, 0.717) is 6.04 Å². The van der Waals surface area contributed by atoms with E-state index in [4.69, 9.17) is 0 Å². The number of hydrogen-bond donors (Lipinski definition) is 1. The van der Waals surface area contributed by atoms with E-state index in [9.17, 15) is 5.11 Å². The molecule has 2 heterocycles. The summed E-state index contributed by atoms with van der Waals surface area (Å²) >= 11 is 0. The first-order chi connectivity index (χ1) is 5.26. The standard InChI is InChI=1S/C9H17NO/c1-2-9(11)5-7-10-6-3-4-8(9)10/h8,11H,2-7H2,1H3. The third kappa shape index (κ3) is 1.00. The number of rotatable bonds is 1. The Labute approximate surface area is 68.2 Å². The summed E-state index contributed by atoms with van der Waals surface area (Å²) in [6, 6.07) is 0.493. The Kier molecular flexibility index (Phi) is 1.69. The van der Waals surface area contributed by atoms with Gasteiger partial charge in [-0.15, -0.1) is 0 Å². The molecular formula is C9H17NO. The van der Waals surface area contributed by atoms with Crippen LogP contribution in [0, 0.1) is 0 Å². The summed E-state index contributed by atoms with van der Waals surface area (Å²) in [5.74, 6) is 0. The molecule has 2 fully saturated rings. The summed E-state index contributed by atoms with van der Waals surface area (Å²) in [4.78, 5) is 2.45. The summed E-state index contributed by atoms with van der Waals surface area (Å²) in [5, 5.41) is 10.1. The van der Waals surface area contributed by atoms with Gasteiger partial charge in [-0.3, -0.25) is 4.90 Å². The quantitative estimate of drug-likeness (QED) is 0.610. The maximum atomic E-state index is 10.1. The summed E-state index contributed by atoms with van der Waals surface area (Å²) in [7, 11) is 0. The molecule has 0 aromatic rings. The molecule has 0 spiro atoms. The molecule has 2 nitrogen and oxygen atoms in total. The molecule has 2 rings (SSSR count). The molecule has 0 aromatic heterocycles. The average Bonchev–Trinajstić information content (AvgIpc) is 2.55. The van der Waals surface area contributed by atoms with Crippen molar-refractivity contribution in [2.45, 2.75) is 44.2 Å². The molecule has 0 aromatic carbocycles. The zero-order valence-electron chi connectivity index (χ0n) is 7.21. The van der Waals surface area contributed by atoms with Gasteiger partial charge in [0.25, 0.3) is 0 Å². The van der Waals surface area contributed by atoms with Crippen molar-refractivity contribution in [2.24, 2.45) is 0 Å². The molecule has 2 atom stereocenters. The molecule has 0 amide bonds. The summed E-state index contributed by atoms with van der Waals surface area (Å²) < 4.78 is 0. The molecule has 2 saturated heterocycles. The summed E-state index contributed by atoms with van der Waals surface area (Å²) in [5.41, 5.74) is -0.337. The summed E-state index contributed by atoms with van der Waals surface area (Å²) in [6.07, 6.45) is 4.42. The number of fused-ring (bicyclic) bond motifs is 1. The Morgan fingerprint density at radius 2 is 2.36 bits per heavy atom. The zero-order chi connectivity index (χ0) is 7.90. The minimum atomic E-state index is -0.337. The fraction of sp³-hybridized carbons (Fsp3) is 1.00. The van der Waals surface area contributed by atoms with Gasteiger partial charge in [0, 0.05) is 12.6 Å². The molecule has 2 aliphatic rings. The maximum absolute atomic E-state index is 10.1. The fourth-order valence-corrected chi connectivity index (χ4v) is 2.62. The van der Waals surface area contributed by atoms with Gasteiger partial charge in [0.05, 0.1) is 5.60 Å². The monoisotopic (exact) mass is 155 g/mol. The molecule has 11 heavy (non-hydrogen) atoms. The second kappa shape index (κ2) is 2.46. The molecule has 0 saturated carbocycles. The van der Waals surface area contributed by atoms with E-state index in [2.05, 4.69) is 11.8 Å². The molecule has 2 aliphatic heterocycles. The van der Waals surface area contributed by atoms with Gasteiger partial charge < -0.3 is 5.11 Å². The van der Waals surface area contributed by atoms with Gasteiger partial charge in [-0.05, 0) is 32.2 Å². The van der Waals surface area contributed by atoms with E-state index >= 15 is 0 Å². The molecule has 64 valence electrons. The largest absolute Gasteiger partial charge is 0.388 e. The lowest BCUT2D eigenvalue weighted by Crippen LogP contribution is -2.40. The van der Waals surface area contributed by atoms with E-state index in [1.165, 1.54) is 19.4 Å². The van der Waals surface area contributed by atoms with Gasteiger partial charge in [-0.2, -0.15) is 0 Å². The molecule has 0 bridgehead atoms. The lowest BCUT2D eigenvalue weighted by atomic mass is 9.90. The fourth-order valence-electron chi connectivity index (χ4n) is 2.62. The highest BCUT2D eigenvalue weighted by Gasteiger charge is 2.46. The van der Waals surface area contributed by atoms with Gasteiger partial charge >= 0.3 is 0 Å². The Morgan fingerprint density at radius 1 is 1.55 bits per heavy atom. The van der Waals surface area contributed by atoms with Gasteiger partial charge in [0.15, 0.2) is 0 Å². The molecule has 0 aliphatic carbocycles. The SMILES string of the molecule is CCC1(O)CCN2CCCC21. The van der Waals surface area contributed by atoms with Crippen molar-refractivity contribution in [2.75, 3.05) is 13.1 Å². The maximum Gasteiger partial charge on any atom is 0.0811 e. The highest BCUT2D eigenvalue weighted by atomic mass is 16.3. The van der Waals surface area contributed by atoms with E-state index in [1.54, 1.807) is 0 Å². The van der Waals surface area contributed by atoms with Crippen molar-refractivity contribution in [3.05, 3.63) is 0 Å². The minimum absolute atomic E-state index is 0.337. The Balaban J connectivity index is 2.14. The van der Waals surface area contributed by atoms with Crippen molar-refractivity contribution in [3.8, 4) is 0 Å². The lowest BCUT2D eigenvalue weighted by molar-refractivity contribution is 0.0103. The predicted molar refractivity (Wildman–Crippen MR) is 44.5 cm³/mol. The lowest BCUT2D eigenvalue weighted by Gasteiger charge is -2.28. The van der Waals surface area contributed by atoms with Crippen LogP contribution in [0.1, 0.15) is 32.6 Å². The smallest absolute Gasteiger partial charge is 0.0811 e. The van der Waals surface area contributed by atoms with Crippen molar-refractivity contribution >= 4 is 0 Å². The van der Waals surface area contributed by atoms with E-state index in [1.807, 2.05) is 0 Å². The molecule has 2 heteroatoms. The van der Waals surface area contributed by atoms with Crippen molar-refractivity contribution in [3.63, 3.8) is 0 Å². The van der Waals surface area contributed by atoms with Gasteiger partial charge in [-0.25, -0.2) is 0 Å². The van der Waals surface area contributed by atoms with Crippen LogP contribution in [0.4, 0.5) is 0 Å². The third-order valence-corrected chi connectivity index (χ3v) is 3.43. The second-order valence-electron chi connectivity index (χ2n) is 3.90. The van der Waals surface area contributed by atoms with Crippen molar-refractivity contribution in [1.82, 2.24) is 4.90 Å². The van der Waals surface area contributed by atoms with Crippen LogP contribution < -0.4 is 0 Å². The van der Waals surface area contributed by atoms with Gasteiger partial charge in [0.2, 0.25) is 0 Å². The van der Waals surface area contributed by atoms with Crippen LogP contribution in [0.2, 0.25) is 0 Å². The van der Waals surface area contributed by atoms with E-state index < -0.39 is 0 Å². The predicted octanol–water partition coefficient (Wildman–Crippen LogP) is 0.996. The number of aliphatic hydroxyl groups is 1. The molecular weight excluding hydrogens is 138 g/mol. The number of hydrogen-bond acceptors (Lipinski definition) is 2. The van der Waals surface area contributed by atoms with E-state index in [0.717, 1.165) is 19.4 Å². The Hall–Kier alpha value is -0.0800.